The Bertz CT molecular complexity index is 1580. The predicted octanol–water partition coefficient (Wildman–Crippen LogP) is 5.38. The molecule has 1 amide bonds. The number of nitrogens with zero attached hydrogens (tertiary/aromatic N) is 2. The fourth-order valence-corrected chi connectivity index (χ4v) is 5.91. The third-order valence-electron chi connectivity index (χ3n) is 7.14. The highest BCUT2D eigenvalue weighted by Crippen LogP contribution is 2.28. The molecule has 0 atom stereocenters. The van der Waals surface area contributed by atoms with E-state index in [4.69, 9.17) is 4.74 Å². The first-order valence-corrected chi connectivity index (χ1v) is 15.0. The van der Waals surface area contributed by atoms with Crippen LogP contribution in [0.1, 0.15) is 21.5 Å². The lowest BCUT2D eigenvalue weighted by atomic mass is 10.1. The fraction of sp³-hybridized carbons (Fsp3) is 0.219. The summed E-state index contributed by atoms with van der Waals surface area (Å²) in [5.41, 5.74) is 4.72. The Morgan fingerprint density at radius 1 is 0.854 bits per heavy atom. The number of nitrogens with one attached hydrogen (secondary N) is 2. The molecule has 1 fully saturated rings. The van der Waals surface area contributed by atoms with Crippen molar-refractivity contribution in [2.75, 3.05) is 48.2 Å². The second-order valence-corrected chi connectivity index (χ2v) is 11.8. The number of ether oxygens (including phenoxy) is 1. The molecule has 0 radical (unpaired) electrons. The van der Waals surface area contributed by atoms with Crippen LogP contribution in [0.3, 0.4) is 0 Å². The Labute approximate surface area is 241 Å². The molecule has 8 nitrogen and oxygen atoms in total. The second kappa shape index (κ2) is 12.4. The van der Waals surface area contributed by atoms with Gasteiger partial charge >= 0.3 is 0 Å². The highest BCUT2D eigenvalue weighted by atomic mass is 32.2. The molecule has 2 N–H and O–H groups in total. The first kappa shape index (κ1) is 28.2. The molecular weight excluding hydrogens is 536 g/mol. The molecule has 1 aliphatic heterocycles. The maximum absolute atomic E-state index is 12.9. The molecule has 0 spiro atoms. The smallest absolute Gasteiger partial charge is 0.262 e. The molecule has 0 bridgehead atoms. The summed E-state index contributed by atoms with van der Waals surface area (Å²) in [5, 5.41) is 2.84. The maximum Gasteiger partial charge on any atom is 0.262 e. The van der Waals surface area contributed by atoms with Gasteiger partial charge in [0.2, 0.25) is 0 Å². The molecule has 41 heavy (non-hydrogen) atoms. The first-order valence-electron chi connectivity index (χ1n) is 13.5. The molecule has 0 saturated carbocycles. The van der Waals surface area contributed by atoms with Gasteiger partial charge in [0.1, 0.15) is 5.75 Å². The van der Waals surface area contributed by atoms with Gasteiger partial charge in [0.25, 0.3) is 15.9 Å². The van der Waals surface area contributed by atoms with Crippen LogP contribution in [0.4, 0.5) is 17.1 Å². The van der Waals surface area contributed by atoms with E-state index in [1.54, 1.807) is 24.3 Å². The predicted molar refractivity (Wildman–Crippen MR) is 163 cm³/mol. The highest BCUT2D eigenvalue weighted by Gasteiger charge is 2.19. The quantitative estimate of drug-likeness (QED) is 0.281. The lowest BCUT2D eigenvalue weighted by molar-refractivity contribution is 0.102. The number of benzene rings is 4. The minimum absolute atomic E-state index is 0.0769. The third-order valence-corrected chi connectivity index (χ3v) is 8.52. The molecule has 5 rings (SSSR count). The largest absolute Gasteiger partial charge is 0.495 e. The lowest BCUT2D eigenvalue weighted by Crippen LogP contribution is -2.45. The van der Waals surface area contributed by atoms with E-state index in [0.717, 1.165) is 43.9 Å². The summed E-state index contributed by atoms with van der Waals surface area (Å²) >= 11 is 0. The van der Waals surface area contributed by atoms with Gasteiger partial charge in [-0.25, -0.2) is 8.42 Å². The summed E-state index contributed by atoms with van der Waals surface area (Å²) < 4.78 is 33.7. The average molecular weight is 571 g/mol. The van der Waals surface area contributed by atoms with Crippen molar-refractivity contribution in [1.82, 2.24) is 4.90 Å². The van der Waals surface area contributed by atoms with Gasteiger partial charge in [-0.15, -0.1) is 0 Å². The van der Waals surface area contributed by atoms with Crippen LogP contribution in [0.15, 0.2) is 102 Å². The van der Waals surface area contributed by atoms with Gasteiger partial charge < -0.3 is 15.0 Å². The van der Waals surface area contributed by atoms with Gasteiger partial charge in [-0.05, 0) is 78.7 Å². The van der Waals surface area contributed by atoms with Gasteiger partial charge in [-0.3, -0.25) is 14.4 Å². The van der Waals surface area contributed by atoms with Crippen LogP contribution >= 0.6 is 0 Å². The summed E-state index contributed by atoms with van der Waals surface area (Å²) in [6.45, 7) is 6.65. The molecule has 1 heterocycles. The van der Waals surface area contributed by atoms with Crippen molar-refractivity contribution in [3.8, 4) is 5.75 Å². The van der Waals surface area contributed by atoms with Gasteiger partial charge in [-0.1, -0.05) is 36.4 Å². The molecule has 0 aromatic heterocycles. The van der Waals surface area contributed by atoms with Crippen molar-refractivity contribution in [3.63, 3.8) is 0 Å². The SMILES string of the molecule is COc1ccc(C)cc1NS(=O)(=O)c1ccc(NC(=O)c2ccc(CN3CCN(c4ccccc4)CC3)cc2)cc1. The highest BCUT2D eigenvalue weighted by molar-refractivity contribution is 7.92. The van der Waals surface area contributed by atoms with Crippen molar-refractivity contribution in [1.29, 1.82) is 0 Å². The zero-order valence-corrected chi connectivity index (χ0v) is 24.0. The summed E-state index contributed by atoms with van der Waals surface area (Å²) in [6.07, 6.45) is 0. The van der Waals surface area contributed by atoms with E-state index in [1.807, 2.05) is 43.3 Å². The molecule has 9 heteroatoms. The van der Waals surface area contributed by atoms with E-state index in [0.29, 0.717) is 22.7 Å². The van der Waals surface area contributed by atoms with Crippen molar-refractivity contribution in [3.05, 3.63) is 114 Å². The van der Waals surface area contributed by atoms with Gasteiger partial charge in [0.05, 0.1) is 17.7 Å². The maximum atomic E-state index is 12.9. The zero-order chi connectivity index (χ0) is 28.8. The van der Waals surface area contributed by atoms with Crippen LogP contribution < -0.4 is 19.7 Å². The number of aryl methyl sites for hydroxylation is 1. The van der Waals surface area contributed by atoms with Gasteiger partial charge in [0, 0.05) is 49.7 Å². The van der Waals surface area contributed by atoms with Crippen LogP contribution in [-0.2, 0) is 16.6 Å². The van der Waals surface area contributed by atoms with Crippen molar-refractivity contribution in [2.24, 2.45) is 0 Å². The van der Waals surface area contributed by atoms with Crippen molar-refractivity contribution < 1.29 is 17.9 Å². The number of hydrogen-bond donors (Lipinski definition) is 2. The molecule has 4 aromatic rings. The Morgan fingerprint density at radius 2 is 1.54 bits per heavy atom. The minimum atomic E-state index is -3.84. The molecule has 0 aliphatic carbocycles. The van der Waals surface area contributed by atoms with Gasteiger partial charge in [0.15, 0.2) is 0 Å². The molecular formula is C32H34N4O4S. The number of sulfonamides is 1. The zero-order valence-electron chi connectivity index (χ0n) is 23.2. The van der Waals surface area contributed by atoms with Crippen LogP contribution in [0.2, 0.25) is 0 Å². The Hall–Kier alpha value is -4.34. The third kappa shape index (κ3) is 7.06. The standard InChI is InChI=1S/C32H34N4O4S/c1-24-8-17-31(40-2)30(22-24)34-41(38,39)29-15-13-27(14-16-29)33-32(37)26-11-9-25(10-12-26)23-35-18-20-36(21-19-35)28-6-4-3-5-7-28/h3-17,22,34H,18-21,23H2,1-2H3,(H,33,37). The molecule has 1 saturated heterocycles. The van der Waals surface area contributed by atoms with E-state index in [9.17, 15) is 13.2 Å². The number of piperazine rings is 1. The van der Waals surface area contributed by atoms with E-state index < -0.39 is 10.0 Å². The summed E-state index contributed by atoms with van der Waals surface area (Å²) in [5.74, 6) is 0.172. The van der Waals surface area contributed by atoms with E-state index in [1.165, 1.54) is 24.9 Å². The molecule has 4 aromatic carbocycles. The van der Waals surface area contributed by atoms with Crippen LogP contribution in [-0.4, -0.2) is 52.5 Å². The summed E-state index contributed by atoms with van der Waals surface area (Å²) in [7, 11) is -2.36. The number of para-hydroxylation sites is 1. The van der Waals surface area contributed by atoms with Crippen LogP contribution in [0.5, 0.6) is 5.75 Å². The normalized spacial score (nSPS) is 14.0. The molecule has 212 valence electrons. The Morgan fingerprint density at radius 3 is 2.20 bits per heavy atom. The van der Waals surface area contributed by atoms with Crippen molar-refractivity contribution in [2.45, 2.75) is 18.4 Å². The van der Waals surface area contributed by atoms with Crippen LogP contribution in [0, 0.1) is 6.92 Å². The summed E-state index contributed by atoms with van der Waals surface area (Å²) in [4.78, 5) is 17.7. The number of amides is 1. The summed E-state index contributed by atoms with van der Waals surface area (Å²) in [6, 6.07) is 29.4. The fourth-order valence-electron chi connectivity index (χ4n) is 4.85. The number of rotatable bonds is 9. The van der Waals surface area contributed by atoms with Crippen LogP contribution in [0.25, 0.3) is 0 Å². The van der Waals surface area contributed by atoms with E-state index >= 15 is 0 Å². The number of carbonyl (C=O) groups is 1. The van der Waals surface area contributed by atoms with Crippen molar-refractivity contribution >= 4 is 33.0 Å². The Kier molecular flexibility index (Phi) is 8.56. The first-order chi connectivity index (χ1) is 19.8. The number of methoxy groups -OCH3 is 1. The van der Waals surface area contributed by atoms with E-state index in [2.05, 4.69) is 44.1 Å². The number of carbonyl (C=O) groups excluding carboxylic acids is 1. The topological polar surface area (TPSA) is 91.0 Å². The number of anilines is 3. The Balaban J connectivity index is 1.15. The van der Waals surface area contributed by atoms with Gasteiger partial charge in [-0.2, -0.15) is 0 Å². The average Bonchev–Trinajstić information content (AvgIpc) is 2.98. The minimum Gasteiger partial charge on any atom is -0.495 e. The number of hydrogen-bond acceptors (Lipinski definition) is 6. The monoisotopic (exact) mass is 570 g/mol. The molecule has 0 unspecified atom stereocenters. The lowest BCUT2D eigenvalue weighted by Gasteiger charge is -2.36. The molecule has 1 aliphatic rings. The second-order valence-electron chi connectivity index (χ2n) is 10.1. The van der Waals surface area contributed by atoms with E-state index in [-0.39, 0.29) is 10.8 Å².